The highest BCUT2D eigenvalue weighted by molar-refractivity contribution is 7.91. The number of hydrogen-bond donors (Lipinski definition) is 0. The van der Waals surface area contributed by atoms with E-state index in [0.717, 1.165) is 49.6 Å². The van der Waals surface area contributed by atoms with Crippen LogP contribution in [0.15, 0.2) is 80.2 Å². The van der Waals surface area contributed by atoms with Crippen molar-refractivity contribution in [2.45, 2.75) is 61.1 Å². The smallest absolute Gasteiger partial charge is 0.178 e. The van der Waals surface area contributed by atoms with Gasteiger partial charge in [-0.3, -0.25) is 19.2 Å². The van der Waals surface area contributed by atoms with E-state index in [-0.39, 0.29) is 31.9 Å². The molecule has 0 amide bonds. The number of carbonyl (C=O) groups is 4. The molecule has 0 heterocycles. The summed E-state index contributed by atoms with van der Waals surface area (Å²) < 4.78 is 129. The topological polar surface area (TPSA) is 205 Å². The SMILES string of the molecule is CC(=O)c1cc(S(C)(=O)=O)c(F)cc1Cl.CC(=O)c1cc(S(C)(=O)=O)c(F)cc1F.CC(=O)c1cc(S(C)(=O)=O)ccc1C.CC(=O)c1ccc(C)c(S(C)(=O)=O)c1. The Morgan fingerprint density at radius 2 is 0.862 bits per heavy atom. The molecule has 0 N–H and O–H groups in total. The molecule has 0 bridgehead atoms. The fourth-order valence-corrected chi connectivity index (χ4v) is 8.01. The van der Waals surface area contributed by atoms with Gasteiger partial charge >= 0.3 is 0 Å². The first-order valence-electron chi connectivity index (χ1n) is 16.1. The van der Waals surface area contributed by atoms with Crippen LogP contribution >= 0.6 is 11.6 Å². The van der Waals surface area contributed by atoms with Crippen molar-refractivity contribution in [3.05, 3.63) is 117 Å². The molecule has 4 aromatic carbocycles. The van der Waals surface area contributed by atoms with E-state index < -0.39 is 83.7 Å². The molecule has 0 saturated heterocycles. The summed E-state index contributed by atoms with van der Waals surface area (Å²) in [4.78, 5) is 43.4. The molecule has 0 fully saturated rings. The first kappa shape index (κ1) is 51.5. The average Bonchev–Trinajstić information content (AvgIpc) is 3.03. The number of ketones is 4. The summed E-state index contributed by atoms with van der Waals surface area (Å²) in [6, 6.07) is 12.2. The summed E-state index contributed by atoms with van der Waals surface area (Å²) in [6.45, 7) is 8.63. The molecule has 4 aromatic rings. The zero-order valence-corrected chi connectivity index (χ0v) is 36.8. The van der Waals surface area contributed by atoms with Crippen molar-refractivity contribution < 1.29 is 66.0 Å². The Balaban J connectivity index is 0.000000387. The largest absolute Gasteiger partial charge is 0.295 e. The molecule has 0 saturated carbocycles. The molecule has 0 aliphatic carbocycles. The summed E-state index contributed by atoms with van der Waals surface area (Å²) in [6.07, 6.45) is 3.91. The maximum Gasteiger partial charge on any atom is 0.178 e. The van der Waals surface area contributed by atoms with Crippen molar-refractivity contribution in [3.63, 3.8) is 0 Å². The van der Waals surface area contributed by atoms with Gasteiger partial charge in [-0.1, -0.05) is 29.8 Å². The highest BCUT2D eigenvalue weighted by Gasteiger charge is 2.20. The third-order valence-corrected chi connectivity index (χ3v) is 12.5. The zero-order valence-electron chi connectivity index (χ0n) is 32.8. The first-order valence-corrected chi connectivity index (χ1v) is 24.1. The fraction of sp³-hybridized carbons (Fsp3) is 0.263. The van der Waals surface area contributed by atoms with Crippen LogP contribution in [0.4, 0.5) is 13.2 Å². The van der Waals surface area contributed by atoms with Crippen LogP contribution in [0.3, 0.4) is 0 Å². The van der Waals surface area contributed by atoms with Crippen LogP contribution in [0.1, 0.15) is 80.3 Å². The van der Waals surface area contributed by atoms with Gasteiger partial charge in [0.15, 0.2) is 62.5 Å². The van der Waals surface area contributed by atoms with Crippen molar-refractivity contribution in [3.8, 4) is 0 Å². The number of halogens is 4. The number of rotatable bonds is 8. The van der Waals surface area contributed by atoms with Gasteiger partial charge in [-0.05, 0) is 89.1 Å². The number of carbonyl (C=O) groups excluding carboxylic acids is 4. The highest BCUT2D eigenvalue weighted by Crippen LogP contribution is 2.25. The van der Waals surface area contributed by atoms with Gasteiger partial charge in [-0.15, -0.1) is 0 Å². The molecular formula is C38H40ClF3O12S4. The van der Waals surface area contributed by atoms with Crippen LogP contribution in [0.25, 0.3) is 0 Å². The number of aryl methyl sites for hydroxylation is 2. The standard InChI is InChI=1S/2C10H12O3S.C9H8ClFO3S.C9H8F2O3S/c1-7-4-5-9(14(3,12)13)6-10(7)8(2)11;1-7-4-5-9(8(2)11)6-10(7)14(3,12)13;2*1-5(12)6-3-9(15(2,13)14)8(11)4-7(6)10/h2*4-6H,1-3H3;2*3-4H,1-2H3. The Morgan fingerprint density at radius 1 is 0.448 bits per heavy atom. The fourth-order valence-electron chi connectivity index (χ4n) is 4.60. The Bertz CT molecular complexity index is 2650. The lowest BCUT2D eigenvalue weighted by Gasteiger charge is -2.05. The van der Waals surface area contributed by atoms with Gasteiger partial charge in [-0.25, -0.2) is 46.8 Å². The van der Waals surface area contributed by atoms with Crippen LogP contribution < -0.4 is 0 Å². The lowest BCUT2D eigenvalue weighted by molar-refractivity contribution is 0.100. The van der Waals surface area contributed by atoms with Crippen LogP contribution in [-0.4, -0.2) is 81.8 Å². The first-order chi connectivity index (χ1) is 26.1. The van der Waals surface area contributed by atoms with Crippen molar-refractivity contribution in [2.24, 2.45) is 0 Å². The third-order valence-electron chi connectivity index (χ3n) is 7.61. The maximum atomic E-state index is 13.2. The van der Waals surface area contributed by atoms with E-state index in [2.05, 4.69) is 0 Å². The summed E-state index contributed by atoms with van der Waals surface area (Å²) in [5.41, 5.74) is 1.92. The molecule has 0 aromatic heterocycles. The monoisotopic (exact) mass is 908 g/mol. The van der Waals surface area contributed by atoms with Crippen molar-refractivity contribution in [2.75, 3.05) is 25.0 Å². The van der Waals surface area contributed by atoms with E-state index in [1.165, 1.54) is 39.0 Å². The molecule has 0 aliphatic heterocycles. The highest BCUT2D eigenvalue weighted by atomic mass is 35.5. The summed E-state index contributed by atoms with van der Waals surface area (Å²) in [7, 11) is -14.0. The maximum absolute atomic E-state index is 13.2. The summed E-state index contributed by atoms with van der Waals surface area (Å²) in [5.74, 6) is -4.52. The van der Waals surface area contributed by atoms with Gasteiger partial charge in [0.25, 0.3) is 0 Å². The van der Waals surface area contributed by atoms with Gasteiger partial charge in [0.2, 0.25) is 0 Å². The third kappa shape index (κ3) is 15.0. The van der Waals surface area contributed by atoms with Crippen molar-refractivity contribution in [1.82, 2.24) is 0 Å². The Labute approximate surface area is 341 Å². The molecule has 0 spiro atoms. The molecule has 58 heavy (non-hydrogen) atoms. The molecule has 0 unspecified atom stereocenters. The second kappa shape index (κ2) is 19.9. The van der Waals surface area contributed by atoms with Gasteiger partial charge in [0.1, 0.15) is 27.2 Å². The van der Waals surface area contributed by atoms with E-state index in [4.69, 9.17) is 11.6 Å². The predicted octanol–water partition coefficient (Wildman–Crippen LogP) is 6.86. The number of sulfone groups is 4. The predicted molar refractivity (Wildman–Crippen MR) is 213 cm³/mol. The number of benzene rings is 4. The Hall–Kier alpha value is -4.56. The normalized spacial score (nSPS) is 11.4. The van der Waals surface area contributed by atoms with Gasteiger partial charge in [0.05, 0.1) is 20.4 Å². The van der Waals surface area contributed by atoms with Gasteiger partial charge in [-0.2, -0.15) is 0 Å². The quantitative estimate of drug-likeness (QED) is 0.131. The second-order valence-corrected chi connectivity index (χ2v) is 21.2. The number of hydrogen-bond acceptors (Lipinski definition) is 12. The Morgan fingerprint density at radius 3 is 1.26 bits per heavy atom. The van der Waals surface area contributed by atoms with Crippen LogP contribution in [0.2, 0.25) is 5.02 Å². The van der Waals surface area contributed by atoms with Crippen LogP contribution in [-0.2, 0) is 39.3 Å². The molecule has 4 rings (SSSR count). The van der Waals surface area contributed by atoms with E-state index in [9.17, 15) is 66.0 Å². The summed E-state index contributed by atoms with van der Waals surface area (Å²) >= 11 is 5.59. The minimum Gasteiger partial charge on any atom is -0.295 e. The van der Waals surface area contributed by atoms with Gasteiger partial charge in [0, 0.05) is 47.8 Å². The van der Waals surface area contributed by atoms with Gasteiger partial charge < -0.3 is 0 Å². The zero-order chi connectivity index (χ0) is 45.5. The molecule has 20 heteroatoms. The Kier molecular flexibility index (Phi) is 17.7. The van der Waals surface area contributed by atoms with E-state index >= 15 is 0 Å². The summed E-state index contributed by atoms with van der Waals surface area (Å²) in [5, 5.41) is -0.0904. The number of Topliss-reactive ketones (excluding diaryl/α,β-unsaturated/α-hetero) is 4. The molecule has 0 radical (unpaired) electrons. The van der Waals surface area contributed by atoms with Crippen LogP contribution in [0, 0.1) is 31.3 Å². The molecule has 316 valence electrons. The minimum absolute atomic E-state index is 0.00140. The van der Waals surface area contributed by atoms with Crippen LogP contribution in [0.5, 0.6) is 0 Å². The molecule has 12 nitrogen and oxygen atoms in total. The van der Waals surface area contributed by atoms with E-state index in [0.29, 0.717) is 28.8 Å². The minimum atomic E-state index is -3.80. The second-order valence-electron chi connectivity index (χ2n) is 12.8. The molecule has 0 atom stereocenters. The van der Waals surface area contributed by atoms with Crippen molar-refractivity contribution in [1.29, 1.82) is 0 Å². The molecule has 0 aliphatic rings. The van der Waals surface area contributed by atoms with Crippen molar-refractivity contribution >= 4 is 74.1 Å². The molecular weight excluding hydrogens is 869 g/mol. The van der Waals surface area contributed by atoms with E-state index in [1.54, 1.807) is 32.0 Å². The average molecular weight is 909 g/mol. The lowest BCUT2D eigenvalue weighted by Crippen LogP contribution is -2.06. The lowest BCUT2D eigenvalue weighted by atomic mass is 10.1. The van der Waals surface area contributed by atoms with E-state index in [1.807, 2.05) is 0 Å².